The number of amides is 1. The summed E-state index contributed by atoms with van der Waals surface area (Å²) in [6, 6.07) is 16.2. The van der Waals surface area contributed by atoms with Gasteiger partial charge in [-0.2, -0.15) is 0 Å². The third-order valence-electron chi connectivity index (χ3n) is 10.0. The van der Waals surface area contributed by atoms with Gasteiger partial charge < -0.3 is 39.4 Å². The van der Waals surface area contributed by atoms with Crippen LogP contribution in [0.5, 0.6) is 5.75 Å². The second kappa shape index (κ2) is 8.94. The number of nitrogens with zero attached hydrogens (tertiary/aromatic N) is 1. The Morgan fingerprint density at radius 2 is 1.55 bits per heavy atom. The van der Waals surface area contributed by atoms with Crippen molar-refractivity contribution in [1.29, 1.82) is 0 Å². The summed E-state index contributed by atoms with van der Waals surface area (Å²) >= 11 is 0. The van der Waals surface area contributed by atoms with E-state index in [1.54, 1.807) is 31.4 Å². The first-order valence-corrected chi connectivity index (χ1v) is 13.5. The van der Waals surface area contributed by atoms with Crippen molar-refractivity contribution in [3.63, 3.8) is 0 Å². The highest BCUT2D eigenvalue weighted by atomic mass is 16.7. The summed E-state index contributed by atoms with van der Waals surface area (Å²) < 4.78 is 23.9. The lowest BCUT2D eigenvalue weighted by Gasteiger charge is -2.43. The van der Waals surface area contributed by atoms with Gasteiger partial charge in [0, 0.05) is 30.7 Å². The van der Waals surface area contributed by atoms with E-state index in [1.807, 2.05) is 30.3 Å². The van der Waals surface area contributed by atoms with Crippen LogP contribution < -0.4 is 4.74 Å². The number of fused-ring (bicyclic) bond motifs is 10. The van der Waals surface area contributed by atoms with Crippen molar-refractivity contribution in [3.05, 3.63) is 65.7 Å². The average Bonchev–Trinajstić information content (AvgIpc) is 3.72. The monoisotopic (exact) mass is 555 g/mol. The van der Waals surface area contributed by atoms with Gasteiger partial charge in [0.25, 0.3) is 5.91 Å². The van der Waals surface area contributed by atoms with Gasteiger partial charge in [-0.05, 0) is 23.3 Å². The Morgan fingerprint density at radius 3 is 2.17 bits per heavy atom. The van der Waals surface area contributed by atoms with Crippen molar-refractivity contribution in [1.82, 2.24) is 5.06 Å². The summed E-state index contributed by atoms with van der Waals surface area (Å²) in [6.07, 6.45) is -6.42. The summed E-state index contributed by atoms with van der Waals surface area (Å²) in [5.74, 6) is -3.99. The lowest BCUT2D eigenvalue weighted by Crippen LogP contribution is -2.60. The molecule has 4 aliphatic heterocycles. The summed E-state index contributed by atoms with van der Waals surface area (Å²) in [6.45, 7) is 0. The number of benzene rings is 2. The second-order valence-corrected chi connectivity index (χ2v) is 11.4. The Kier molecular flexibility index (Phi) is 5.88. The predicted octanol–water partition coefficient (Wildman–Crippen LogP) is 0.111. The zero-order valence-corrected chi connectivity index (χ0v) is 22.2. The number of hydrogen-bond donors (Lipinski definition) is 4. The number of hydroxylamine groups is 2. The van der Waals surface area contributed by atoms with E-state index in [0.717, 1.165) is 5.06 Å². The van der Waals surface area contributed by atoms with E-state index in [4.69, 9.17) is 23.8 Å². The van der Waals surface area contributed by atoms with E-state index < -0.39 is 83.7 Å². The lowest BCUT2D eigenvalue weighted by atomic mass is 9.63. The van der Waals surface area contributed by atoms with Crippen LogP contribution in [0.25, 0.3) is 0 Å². The van der Waals surface area contributed by atoms with Gasteiger partial charge in [0.15, 0.2) is 12.6 Å². The Balaban J connectivity index is 1.47. The van der Waals surface area contributed by atoms with Gasteiger partial charge in [-0.1, -0.05) is 42.5 Å². The van der Waals surface area contributed by atoms with Gasteiger partial charge in [-0.3, -0.25) is 9.63 Å². The molecule has 5 fully saturated rings. The fourth-order valence-corrected chi connectivity index (χ4v) is 8.49. The summed E-state index contributed by atoms with van der Waals surface area (Å²) in [7, 11) is 4.36. The smallest absolute Gasteiger partial charge is 0.252 e. The minimum Gasteiger partial charge on any atom is -0.497 e. The lowest BCUT2D eigenvalue weighted by molar-refractivity contribution is -0.214. The zero-order valence-electron chi connectivity index (χ0n) is 22.2. The molecule has 2 aromatic rings. The number of hydrogen-bond acceptors (Lipinski definition) is 10. The topological polar surface area (TPSA) is 147 Å². The molecule has 0 radical (unpaired) electrons. The van der Waals surface area contributed by atoms with Gasteiger partial charge in [0.2, 0.25) is 0 Å². The molecule has 8 unspecified atom stereocenters. The third kappa shape index (κ3) is 3.04. The highest BCUT2D eigenvalue weighted by Gasteiger charge is 2.86. The molecule has 4 saturated heterocycles. The maximum absolute atomic E-state index is 13.9. The molecule has 11 heteroatoms. The summed E-state index contributed by atoms with van der Waals surface area (Å²) in [5.41, 5.74) is -2.41. The highest BCUT2D eigenvalue weighted by molar-refractivity contribution is 5.81. The third-order valence-corrected chi connectivity index (χ3v) is 10.0. The molecule has 4 N–H and O–H groups in total. The first-order valence-electron chi connectivity index (χ1n) is 13.5. The Morgan fingerprint density at radius 1 is 0.900 bits per heavy atom. The molecule has 11 nitrogen and oxygen atoms in total. The van der Waals surface area contributed by atoms with Crippen LogP contribution in [0.1, 0.15) is 17.0 Å². The molecule has 13 atom stereocenters. The van der Waals surface area contributed by atoms with Gasteiger partial charge in [0.05, 0.1) is 44.6 Å². The van der Waals surface area contributed by atoms with Crippen molar-refractivity contribution in [3.8, 4) is 5.75 Å². The van der Waals surface area contributed by atoms with E-state index in [2.05, 4.69) is 0 Å². The average molecular weight is 556 g/mol. The van der Waals surface area contributed by atoms with Gasteiger partial charge >= 0.3 is 0 Å². The Bertz CT molecular complexity index is 1290. The molecule has 1 aliphatic carbocycles. The van der Waals surface area contributed by atoms with Crippen LogP contribution in [-0.2, 0) is 29.4 Å². The normalized spacial score (nSPS) is 46.2. The van der Waals surface area contributed by atoms with Gasteiger partial charge in [0.1, 0.15) is 17.0 Å². The van der Waals surface area contributed by atoms with Crippen LogP contribution in [0.4, 0.5) is 0 Å². The second-order valence-electron chi connectivity index (χ2n) is 11.4. The molecule has 214 valence electrons. The molecule has 7 rings (SSSR count). The van der Waals surface area contributed by atoms with Crippen LogP contribution in [0.2, 0.25) is 0 Å². The van der Waals surface area contributed by atoms with Crippen LogP contribution in [0.3, 0.4) is 0 Å². The highest BCUT2D eigenvalue weighted by Crippen LogP contribution is 2.72. The number of methoxy groups -OCH3 is 1. The van der Waals surface area contributed by atoms with Crippen LogP contribution in [0.15, 0.2) is 54.6 Å². The molecular formula is C29H33NO10. The number of rotatable bonds is 5. The molecule has 2 aromatic carbocycles. The molecule has 5 aliphatic rings. The van der Waals surface area contributed by atoms with Crippen LogP contribution in [-0.4, -0.2) is 95.3 Å². The molecule has 0 aromatic heterocycles. The fraction of sp³-hybridized carbons (Fsp3) is 0.552. The largest absolute Gasteiger partial charge is 0.497 e. The molecule has 0 spiro atoms. The standard InChI is InChI=1S/C29H33NO10/c1-30(37-3)25(32)18-19(13-7-5-4-6-8-13)29(14-9-11-15(36-2)12-10-14)28(35,24(18)31)20-21-16-17(27(34)39-26(16)33)22(38-21)23(20)40-29/h4-12,16-24,26-27,31,33-35H,1-3H3/t16?,17?,18-,19-,20?,21?,22?,23?,24-,26?,27?,28+,29+/m1/s1. The maximum Gasteiger partial charge on any atom is 0.252 e. The number of carbonyl (C=O) groups excluding carboxylic acids is 1. The van der Waals surface area contributed by atoms with Crippen LogP contribution in [0, 0.1) is 23.7 Å². The number of ether oxygens (including phenoxy) is 4. The Hall–Kier alpha value is -2.61. The van der Waals surface area contributed by atoms with Gasteiger partial charge in [-0.25, -0.2) is 5.06 Å². The minimum atomic E-state index is -2.04. The van der Waals surface area contributed by atoms with E-state index in [1.165, 1.54) is 14.2 Å². The number of carbonyl (C=O) groups is 1. The molecule has 1 amide bonds. The van der Waals surface area contributed by atoms with Crippen molar-refractivity contribution < 1.29 is 49.0 Å². The molecular weight excluding hydrogens is 522 g/mol. The summed E-state index contributed by atoms with van der Waals surface area (Å²) in [5, 5.41) is 47.5. The molecule has 1 saturated carbocycles. The predicted molar refractivity (Wildman–Crippen MR) is 135 cm³/mol. The zero-order chi connectivity index (χ0) is 28.1. The van der Waals surface area contributed by atoms with Gasteiger partial charge in [-0.15, -0.1) is 0 Å². The van der Waals surface area contributed by atoms with Crippen molar-refractivity contribution >= 4 is 5.91 Å². The van der Waals surface area contributed by atoms with E-state index in [9.17, 15) is 25.2 Å². The SMILES string of the molecule is COc1ccc([C@@]23OC4C5OC(C6C(O)OC(O)C56)C4[C@]2(O)[C@H](O)[C@H](C(=O)N(C)OC)[C@H]3c2ccccc2)cc1. The quantitative estimate of drug-likeness (QED) is 0.375. The molecule has 2 bridgehead atoms. The van der Waals surface area contributed by atoms with Crippen molar-refractivity contribution in [2.45, 2.75) is 54.1 Å². The minimum absolute atomic E-state index is 0.527. The first-order chi connectivity index (χ1) is 19.2. The number of aliphatic hydroxyl groups excluding tert-OH is 3. The summed E-state index contributed by atoms with van der Waals surface area (Å²) in [4.78, 5) is 19.1. The molecule has 40 heavy (non-hydrogen) atoms. The maximum atomic E-state index is 13.9. The van der Waals surface area contributed by atoms with Crippen molar-refractivity contribution in [2.75, 3.05) is 21.3 Å². The molecule has 4 heterocycles. The van der Waals surface area contributed by atoms with E-state index in [0.29, 0.717) is 16.9 Å². The number of aliphatic hydroxyl groups is 4. The van der Waals surface area contributed by atoms with E-state index >= 15 is 0 Å². The van der Waals surface area contributed by atoms with Crippen molar-refractivity contribution in [2.24, 2.45) is 23.7 Å². The first kappa shape index (κ1) is 26.3. The van der Waals surface area contributed by atoms with E-state index in [-0.39, 0.29) is 0 Å². The Labute approximate surface area is 230 Å². The fourth-order valence-electron chi connectivity index (χ4n) is 8.49. The van der Waals surface area contributed by atoms with Crippen LogP contribution >= 0.6 is 0 Å².